The van der Waals surface area contributed by atoms with Crippen molar-refractivity contribution in [1.82, 2.24) is 10.3 Å². The molecule has 1 atom stereocenters. The van der Waals surface area contributed by atoms with E-state index in [4.69, 9.17) is 10.8 Å². The van der Waals surface area contributed by atoms with E-state index in [1.807, 2.05) is 13.8 Å². The molecule has 4 N–H and O–H groups in total. The molecule has 0 aromatic carbocycles. The lowest BCUT2D eigenvalue weighted by molar-refractivity contribution is 0.0912. The highest BCUT2D eigenvalue weighted by Crippen LogP contribution is 2.11. The molecule has 1 heterocycles. The Labute approximate surface area is 105 Å². The standard InChI is InChI=1S/C11H19N3O2S/c1-7(2)8(3-4-15)14-11(16)9-6-17-10(5-12)13-9/h6-8,15H,3-5,12H2,1-2H3,(H,14,16). The monoisotopic (exact) mass is 257 g/mol. The lowest BCUT2D eigenvalue weighted by Crippen LogP contribution is -2.39. The van der Waals surface area contributed by atoms with Crippen molar-refractivity contribution >= 4 is 17.2 Å². The number of rotatable bonds is 6. The Morgan fingerprint density at radius 3 is 2.82 bits per heavy atom. The normalized spacial score (nSPS) is 12.8. The average molecular weight is 257 g/mol. The Bertz CT molecular complexity index is 365. The maximum absolute atomic E-state index is 11.9. The van der Waals surface area contributed by atoms with Crippen LogP contribution in [0.25, 0.3) is 0 Å². The zero-order valence-electron chi connectivity index (χ0n) is 10.1. The van der Waals surface area contributed by atoms with Crippen molar-refractivity contribution in [2.45, 2.75) is 32.9 Å². The SMILES string of the molecule is CC(C)C(CCO)NC(=O)c1csc(CN)n1. The number of aliphatic hydroxyl groups excluding tert-OH is 1. The van der Waals surface area contributed by atoms with E-state index in [0.717, 1.165) is 5.01 Å². The van der Waals surface area contributed by atoms with Crippen molar-refractivity contribution in [3.8, 4) is 0 Å². The van der Waals surface area contributed by atoms with E-state index < -0.39 is 0 Å². The summed E-state index contributed by atoms with van der Waals surface area (Å²) in [5, 5.41) is 14.3. The number of amides is 1. The van der Waals surface area contributed by atoms with Gasteiger partial charge in [0.05, 0.1) is 0 Å². The van der Waals surface area contributed by atoms with Crippen LogP contribution in [0.15, 0.2) is 5.38 Å². The first kappa shape index (κ1) is 14.1. The third-order valence-corrected chi connectivity index (χ3v) is 3.39. The fraction of sp³-hybridized carbons (Fsp3) is 0.636. The highest BCUT2D eigenvalue weighted by molar-refractivity contribution is 7.09. The Hall–Kier alpha value is -0.980. The van der Waals surface area contributed by atoms with Crippen LogP contribution in [0.5, 0.6) is 0 Å². The first-order chi connectivity index (χ1) is 8.08. The summed E-state index contributed by atoms with van der Waals surface area (Å²) in [7, 11) is 0. The van der Waals surface area contributed by atoms with Crippen molar-refractivity contribution in [1.29, 1.82) is 0 Å². The zero-order chi connectivity index (χ0) is 12.8. The Morgan fingerprint density at radius 1 is 1.65 bits per heavy atom. The molecule has 1 amide bonds. The van der Waals surface area contributed by atoms with Crippen molar-refractivity contribution in [2.24, 2.45) is 11.7 Å². The maximum Gasteiger partial charge on any atom is 0.270 e. The molecule has 1 rings (SSSR count). The van der Waals surface area contributed by atoms with Gasteiger partial charge in [0.25, 0.3) is 5.91 Å². The summed E-state index contributed by atoms with van der Waals surface area (Å²) in [6.45, 7) is 4.43. The zero-order valence-corrected chi connectivity index (χ0v) is 11.0. The molecule has 17 heavy (non-hydrogen) atoms. The number of hydrogen-bond donors (Lipinski definition) is 3. The van der Waals surface area contributed by atoms with Crippen LogP contribution in [0.2, 0.25) is 0 Å². The van der Waals surface area contributed by atoms with Gasteiger partial charge >= 0.3 is 0 Å². The van der Waals surface area contributed by atoms with Crippen molar-refractivity contribution in [3.05, 3.63) is 16.1 Å². The van der Waals surface area contributed by atoms with Crippen LogP contribution >= 0.6 is 11.3 Å². The number of aromatic nitrogens is 1. The van der Waals surface area contributed by atoms with E-state index >= 15 is 0 Å². The molecule has 1 unspecified atom stereocenters. The second kappa shape index (κ2) is 6.68. The molecule has 0 fully saturated rings. The number of thiazole rings is 1. The van der Waals surface area contributed by atoms with E-state index in [2.05, 4.69) is 10.3 Å². The summed E-state index contributed by atoms with van der Waals surface area (Å²) < 4.78 is 0. The number of hydrogen-bond acceptors (Lipinski definition) is 5. The molecule has 0 aliphatic heterocycles. The summed E-state index contributed by atoms with van der Waals surface area (Å²) in [6, 6.07) is -0.0319. The van der Waals surface area contributed by atoms with Crippen LogP contribution in [0.3, 0.4) is 0 Å². The topological polar surface area (TPSA) is 88.2 Å². The number of aliphatic hydroxyl groups is 1. The fourth-order valence-corrected chi connectivity index (χ4v) is 2.12. The van der Waals surface area contributed by atoms with E-state index in [1.165, 1.54) is 11.3 Å². The Kier molecular flexibility index (Phi) is 5.54. The second-order valence-corrected chi connectivity index (χ2v) is 5.11. The van der Waals surface area contributed by atoms with Gasteiger partial charge in [0.1, 0.15) is 10.7 Å². The second-order valence-electron chi connectivity index (χ2n) is 4.17. The first-order valence-corrected chi connectivity index (χ1v) is 6.52. The molecule has 0 aliphatic carbocycles. The minimum absolute atomic E-state index is 0.0319. The van der Waals surface area contributed by atoms with Crippen LogP contribution in [0.4, 0.5) is 0 Å². The van der Waals surface area contributed by atoms with E-state index in [-0.39, 0.29) is 24.5 Å². The largest absolute Gasteiger partial charge is 0.396 e. The molecule has 0 spiro atoms. The van der Waals surface area contributed by atoms with Crippen LogP contribution < -0.4 is 11.1 Å². The molecule has 0 saturated heterocycles. The van der Waals surface area contributed by atoms with E-state index in [9.17, 15) is 4.79 Å². The summed E-state index contributed by atoms with van der Waals surface area (Å²) in [5.41, 5.74) is 5.85. The summed E-state index contributed by atoms with van der Waals surface area (Å²) in [4.78, 5) is 16.0. The average Bonchev–Trinajstić information content (AvgIpc) is 2.76. The molecule has 0 aliphatic rings. The van der Waals surface area contributed by atoms with Crippen LogP contribution in [-0.4, -0.2) is 28.6 Å². The van der Waals surface area contributed by atoms with Crippen LogP contribution in [0, 0.1) is 5.92 Å². The molecule has 1 aromatic heterocycles. The molecule has 0 saturated carbocycles. The van der Waals surface area contributed by atoms with Gasteiger partial charge in [-0.25, -0.2) is 4.98 Å². The summed E-state index contributed by atoms with van der Waals surface area (Å²) in [6.07, 6.45) is 0.553. The third-order valence-electron chi connectivity index (χ3n) is 2.52. The lowest BCUT2D eigenvalue weighted by Gasteiger charge is -2.20. The van der Waals surface area contributed by atoms with Gasteiger partial charge in [-0.05, 0) is 12.3 Å². The molecular formula is C11H19N3O2S. The van der Waals surface area contributed by atoms with Gasteiger partial charge in [0.2, 0.25) is 0 Å². The van der Waals surface area contributed by atoms with Gasteiger partial charge < -0.3 is 16.2 Å². The molecular weight excluding hydrogens is 238 g/mol. The minimum atomic E-state index is -0.201. The summed E-state index contributed by atoms with van der Waals surface area (Å²) >= 11 is 1.38. The number of nitrogens with zero attached hydrogens (tertiary/aromatic N) is 1. The van der Waals surface area contributed by atoms with Crippen molar-refractivity contribution in [2.75, 3.05) is 6.61 Å². The molecule has 0 bridgehead atoms. The lowest BCUT2D eigenvalue weighted by atomic mass is 10.0. The van der Waals surface area contributed by atoms with Gasteiger partial charge in [-0.3, -0.25) is 4.79 Å². The van der Waals surface area contributed by atoms with Gasteiger partial charge in [-0.1, -0.05) is 13.8 Å². The molecule has 0 radical (unpaired) electrons. The number of nitrogens with one attached hydrogen (secondary N) is 1. The van der Waals surface area contributed by atoms with Crippen molar-refractivity contribution in [3.63, 3.8) is 0 Å². The number of carbonyl (C=O) groups excluding carboxylic acids is 1. The van der Waals surface area contributed by atoms with E-state index in [1.54, 1.807) is 5.38 Å². The predicted molar refractivity (Wildman–Crippen MR) is 67.8 cm³/mol. The third kappa shape index (κ3) is 4.07. The minimum Gasteiger partial charge on any atom is -0.396 e. The Morgan fingerprint density at radius 2 is 2.35 bits per heavy atom. The predicted octanol–water partition coefficient (Wildman–Crippen LogP) is 0.739. The highest BCUT2D eigenvalue weighted by atomic mass is 32.1. The fourth-order valence-electron chi connectivity index (χ4n) is 1.46. The molecule has 6 heteroatoms. The summed E-state index contributed by atoms with van der Waals surface area (Å²) in [5.74, 6) is 0.0758. The number of carbonyl (C=O) groups is 1. The highest BCUT2D eigenvalue weighted by Gasteiger charge is 2.18. The maximum atomic E-state index is 11.9. The van der Waals surface area contributed by atoms with Gasteiger partial charge in [-0.15, -0.1) is 11.3 Å². The molecule has 1 aromatic rings. The van der Waals surface area contributed by atoms with Gasteiger partial charge in [0, 0.05) is 24.6 Å². The molecule has 5 nitrogen and oxygen atoms in total. The smallest absolute Gasteiger partial charge is 0.270 e. The number of nitrogens with two attached hydrogens (primary N) is 1. The van der Waals surface area contributed by atoms with Crippen molar-refractivity contribution < 1.29 is 9.90 Å². The quantitative estimate of drug-likeness (QED) is 0.701. The van der Waals surface area contributed by atoms with Gasteiger partial charge in [-0.2, -0.15) is 0 Å². The first-order valence-electron chi connectivity index (χ1n) is 5.64. The molecule has 96 valence electrons. The van der Waals surface area contributed by atoms with Crippen LogP contribution in [-0.2, 0) is 6.54 Å². The van der Waals surface area contributed by atoms with E-state index in [0.29, 0.717) is 18.7 Å². The van der Waals surface area contributed by atoms with Crippen LogP contribution in [0.1, 0.15) is 35.8 Å². The van der Waals surface area contributed by atoms with Gasteiger partial charge in [0.15, 0.2) is 0 Å². The Balaban J connectivity index is 2.63.